The van der Waals surface area contributed by atoms with Crippen LogP contribution in [0.5, 0.6) is 5.88 Å². The van der Waals surface area contributed by atoms with E-state index in [1.807, 2.05) is 24.3 Å². The maximum absolute atomic E-state index is 5.91. The molecule has 0 aliphatic heterocycles. The molecule has 1 aromatic heterocycles. The summed E-state index contributed by atoms with van der Waals surface area (Å²) in [6.45, 7) is 4.96. The molecule has 0 unspecified atom stereocenters. The van der Waals surface area contributed by atoms with Crippen molar-refractivity contribution in [1.29, 1.82) is 0 Å². The first-order valence-corrected chi connectivity index (χ1v) is 7.64. The van der Waals surface area contributed by atoms with Gasteiger partial charge in [-0.05, 0) is 40.4 Å². The fourth-order valence-corrected chi connectivity index (χ4v) is 2.05. The SMILES string of the molecule is CC(C)CCOc1ncc(Br)nc1-c1ccc(Cl)cc1. The lowest BCUT2D eigenvalue weighted by Crippen LogP contribution is -2.04. The molecule has 0 saturated heterocycles. The van der Waals surface area contributed by atoms with Crippen LogP contribution in [0.25, 0.3) is 11.3 Å². The first-order valence-electron chi connectivity index (χ1n) is 6.47. The highest BCUT2D eigenvalue weighted by Gasteiger charge is 2.11. The maximum Gasteiger partial charge on any atom is 0.240 e. The van der Waals surface area contributed by atoms with Crippen LogP contribution in [0.15, 0.2) is 35.1 Å². The highest BCUT2D eigenvalue weighted by atomic mass is 79.9. The number of ether oxygens (including phenoxy) is 1. The lowest BCUT2D eigenvalue weighted by molar-refractivity contribution is 0.279. The Labute approximate surface area is 132 Å². The van der Waals surface area contributed by atoms with Crippen LogP contribution in [-0.2, 0) is 0 Å². The van der Waals surface area contributed by atoms with Crippen LogP contribution in [0.4, 0.5) is 0 Å². The van der Waals surface area contributed by atoms with Crippen LogP contribution in [-0.4, -0.2) is 16.6 Å². The largest absolute Gasteiger partial charge is 0.476 e. The molecule has 106 valence electrons. The molecule has 0 spiro atoms. The summed E-state index contributed by atoms with van der Waals surface area (Å²) in [5.41, 5.74) is 1.66. The third kappa shape index (κ3) is 4.18. The first kappa shape index (κ1) is 15.3. The summed E-state index contributed by atoms with van der Waals surface area (Å²) < 4.78 is 6.44. The molecule has 0 atom stereocenters. The molecule has 20 heavy (non-hydrogen) atoms. The Morgan fingerprint density at radius 1 is 1.25 bits per heavy atom. The van der Waals surface area contributed by atoms with E-state index in [1.165, 1.54) is 0 Å². The predicted octanol–water partition coefficient (Wildman–Crippen LogP) is 4.98. The van der Waals surface area contributed by atoms with E-state index >= 15 is 0 Å². The lowest BCUT2D eigenvalue weighted by Gasteiger charge is -2.11. The Morgan fingerprint density at radius 3 is 2.60 bits per heavy atom. The Kier molecular flexibility index (Phi) is 5.38. The minimum atomic E-state index is 0.552. The van der Waals surface area contributed by atoms with Gasteiger partial charge in [-0.25, -0.2) is 9.97 Å². The summed E-state index contributed by atoms with van der Waals surface area (Å²) in [5.74, 6) is 1.15. The molecule has 2 aromatic rings. The van der Waals surface area contributed by atoms with Crippen molar-refractivity contribution >= 4 is 27.5 Å². The third-order valence-electron chi connectivity index (χ3n) is 2.76. The van der Waals surface area contributed by atoms with Gasteiger partial charge in [-0.15, -0.1) is 0 Å². The second kappa shape index (κ2) is 7.04. The van der Waals surface area contributed by atoms with Crippen molar-refractivity contribution in [2.45, 2.75) is 20.3 Å². The number of hydrogen-bond acceptors (Lipinski definition) is 3. The summed E-state index contributed by atoms with van der Waals surface area (Å²) in [4.78, 5) is 8.77. The molecule has 0 bridgehead atoms. The fourth-order valence-electron chi connectivity index (χ4n) is 1.65. The summed E-state index contributed by atoms with van der Waals surface area (Å²) >= 11 is 9.26. The van der Waals surface area contributed by atoms with Crippen molar-refractivity contribution in [3.8, 4) is 17.1 Å². The van der Waals surface area contributed by atoms with Crippen LogP contribution < -0.4 is 4.74 Å². The summed E-state index contributed by atoms with van der Waals surface area (Å²) in [6, 6.07) is 7.48. The van der Waals surface area contributed by atoms with Gasteiger partial charge in [0.15, 0.2) is 0 Å². The topological polar surface area (TPSA) is 35.0 Å². The zero-order valence-electron chi connectivity index (χ0n) is 11.4. The molecule has 0 amide bonds. The van der Waals surface area contributed by atoms with E-state index in [2.05, 4.69) is 39.7 Å². The summed E-state index contributed by atoms with van der Waals surface area (Å²) in [5, 5.41) is 0.694. The summed E-state index contributed by atoms with van der Waals surface area (Å²) in [7, 11) is 0. The van der Waals surface area contributed by atoms with E-state index in [9.17, 15) is 0 Å². The van der Waals surface area contributed by atoms with Gasteiger partial charge in [0.25, 0.3) is 0 Å². The van der Waals surface area contributed by atoms with E-state index in [1.54, 1.807) is 6.20 Å². The summed E-state index contributed by atoms with van der Waals surface area (Å²) in [6.07, 6.45) is 2.63. The molecule has 0 fully saturated rings. The number of aromatic nitrogens is 2. The number of hydrogen-bond donors (Lipinski definition) is 0. The Hall–Kier alpha value is -1.13. The fraction of sp³-hybridized carbons (Fsp3) is 0.333. The van der Waals surface area contributed by atoms with Gasteiger partial charge in [0.1, 0.15) is 10.3 Å². The van der Waals surface area contributed by atoms with Gasteiger partial charge in [-0.2, -0.15) is 0 Å². The Bertz CT molecular complexity index is 573. The highest BCUT2D eigenvalue weighted by Crippen LogP contribution is 2.28. The average Bonchev–Trinajstić information content (AvgIpc) is 2.41. The van der Waals surface area contributed by atoms with Crippen LogP contribution in [0.3, 0.4) is 0 Å². The zero-order valence-corrected chi connectivity index (χ0v) is 13.8. The predicted molar refractivity (Wildman–Crippen MR) is 85.1 cm³/mol. The smallest absolute Gasteiger partial charge is 0.240 e. The van der Waals surface area contributed by atoms with E-state index < -0.39 is 0 Å². The second-order valence-corrected chi connectivity index (χ2v) is 6.13. The van der Waals surface area contributed by atoms with Crippen LogP contribution in [0.2, 0.25) is 5.02 Å². The van der Waals surface area contributed by atoms with Crippen molar-refractivity contribution in [1.82, 2.24) is 9.97 Å². The highest BCUT2D eigenvalue weighted by molar-refractivity contribution is 9.10. The van der Waals surface area contributed by atoms with Crippen molar-refractivity contribution < 1.29 is 4.74 Å². The molecule has 1 aromatic carbocycles. The third-order valence-corrected chi connectivity index (χ3v) is 3.40. The molecule has 1 heterocycles. The van der Waals surface area contributed by atoms with Gasteiger partial charge in [-0.3, -0.25) is 0 Å². The minimum Gasteiger partial charge on any atom is -0.476 e. The monoisotopic (exact) mass is 354 g/mol. The molecule has 2 rings (SSSR count). The molecule has 5 heteroatoms. The van der Waals surface area contributed by atoms with Crippen molar-refractivity contribution in [2.24, 2.45) is 5.92 Å². The van der Waals surface area contributed by atoms with Crippen LogP contribution in [0, 0.1) is 5.92 Å². The maximum atomic E-state index is 5.91. The number of benzene rings is 1. The Morgan fingerprint density at radius 2 is 1.95 bits per heavy atom. The molecule has 0 aliphatic rings. The van der Waals surface area contributed by atoms with Gasteiger partial charge < -0.3 is 4.74 Å². The standard InChI is InChI=1S/C15H16BrClN2O/c1-10(2)7-8-20-15-14(19-13(16)9-18-15)11-3-5-12(17)6-4-11/h3-6,9-10H,7-8H2,1-2H3. The molecule has 3 nitrogen and oxygen atoms in total. The van der Waals surface area contributed by atoms with Gasteiger partial charge in [0.2, 0.25) is 5.88 Å². The number of halogens is 2. The average molecular weight is 356 g/mol. The second-order valence-electron chi connectivity index (χ2n) is 4.88. The number of rotatable bonds is 5. The molecule has 0 aliphatic carbocycles. The number of nitrogens with zero attached hydrogens (tertiary/aromatic N) is 2. The van der Waals surface area contributed by atoms with Gasteiger partial charge in [0, 0.05) is 10.6 Å². The van der Waals surface area contributed by atoms with Crippen LogP contribution in [0.1, 0.15) is 20.3 Å². The lowest BCUT2D eigenvalue weighted by atomic mass is 10.1. The van der Waals surface area contributed by atoms with Crippen molar-refractivity contribution in [3.05, 3.63) is 40.1 Å². The van der Waals surface area contributed by atoms with Gasteiger partial charge >= 0.3 is 0 Å². The normalized spacial score (nSPS) is 10.8. The zero-order chi connectivity index (χ0) is 14.5. The quantitative estimate of drug-likeness (QED) is 0.758. The van der Waals surface area contributed by atoms with E-state index in [0.717, 1.165) is 17.7 Å². The van der Waals surface area contributed by atoms with E-state index in [4.69, 9.17) is 16.3 Å². The molecule has 0 saturated carbocycles. The molecule has 0 N–H and O–H groups in total. The van der Waals surface area contributed by atoms with Crippen molar-refractivity contribution in [3.63, 3.8) is 0 Å². The van der Waals surface area contributed by atoms with E-state index in [-0.39, 0.29) is 0 Å². The van der Waals surface area contributed by atoms with Gasteiger partial charge in [0.05, 0.1) is 12.8 Å². The Balaban J connectivity index is 2.26. The van der Waals surface area contributed by atoms with Gasteiger partial charge in [-0.1, -0.05) is 37.6 Å². The first-order chi connectivity index (χ1) is 9.56. The van der Waals surface area contributed by atoms with Crippen molar-refractivity contribution in [2.75, 3.05) is 6.61 Å². The minimum absolute atomic E-state index is 0.552. The molecular formula is C15H16BrClN2O. The van der Waals surface area contributed by atoms with Crippen LogP contribution >= 0.6 is 27.5 Å². The van der Waals surface area contributed by atoms with E-state index in [0.29, 0.717) is 28.0 Å². The molecular weight excluding hydrogens is 340 g/mol. The molecule has 0 radical (unpaired) electrons.